The van der Waals surface area contributed by atoms with Gasteiger partial charge in [0.2, 0.25) is 0 Å². The largest absolute Gasteiger partial charge is 0.756 e. The van der Waals surface area contributed by atoms with Crippen molar-refractivity contribution >= 4 is 19.6 Å². The average Bonchev–Trinajstić information content (AvgIpc) is 3.09. The van der Waals surface area contributed by atoms with Crippen LogP contribution < -0.4 is 4.89 Å². The van der Waals surface area contributed by atoms with Crippen LogP contribution in [0.25, 0.3) is 0 Å². The molecule has 0 fully saturated rings. The lowest BCUT2D eigenvalue weighted by atomic mass is 10.0. The van der Waals surface area contributed by atoms with Gasteiger partial charge >= 0.3 is 5.97 Å². The van der Waals surface area contributed by atoms with Crippen molar-refractivity contribution in [1.82, 2.24) is 0 Å². The number of nitrogens with zero attached hydrogens (tertiary/aromatic N) is 1. The first-order chi connectivity index (χ1) is 25.3. The Labute approximate surface area is 325 Å². The van der Waals surface area contributed by atoms with Gasteiger partial charge in [0, 0.05) is 12.8 Å². The molecule has 0 aliphatic heterocycles. The van der Waals surface area contributed by atoms with Crippen LogP contribution in [0, 0.1) is 0 Å². The number of likely N-dealkylation sites (N-methyl/N-ethyl adjacent to an activating group) is 1. The summed E-state index contributed by atoms with van der Waals surface area (Å²) >= 11 is 0. The summed E-state index contributed by atoms with van der Waals surface area (Å²) in [6, 6.07) is 0. The third-order valence-electron chi connectivity index (χ3n) is 9.02. The summed E-state index contributed by atoms with van der Waals surface area (Å²) in [6.07, 6.45) is 35.1. The van der Waals surface area contributed by atoms with Crippen molar-refractivity contribution in [2.24, 2.45) is 0 Å². The van der Waals surface area contributed by atoms with Crippen LogP contribution in [0.15, 0.2) is 24.3 Å². The van der Waals surface area contributed by atoms with Gasteiger partial charge in [-0.3, -0.25) is 14.2 Å². The molecule has 3 atom stereocenters. The maximum atomic E-state index is 12.4. The number of quaternary nitrogens is 1. The van der Waals surface area contributed by atoms with Gasteiger partial charge in [0.25, 0.3) is 7.82 Å². The van der Waals surface area contributed by atoms with Gasteiger partial charge in [-0.25, -0.2) is 0 Å². The molecule has 0 rings (SSSR count). The van der Waals surface area contributed by atoms with Crippen LogP contribution in [0.2, 0.25) is 0 Å². The van der Waals surface area contributed by atoms with Crippen molar-refractivity contribution in [2.75, 3.05) is 40.9 Å². The quantitative estimate of drug-likeness (QED) is 0.0186. The van der Waals surface area contributed by atoms with Crippen molar-refractivity contribution < 1.29 is 47.9 Å². The second-order valence-corrected chi connectivity index (χ2v) is 16.6. The van der Waals surface area contributed by atoms with E-state index in [0.29, 0.717) is 11.0 Å². The third-order valence-corrected chi connectivity index (χ3v) is 9.53. The fourth-order valence-corrected chi connectivity index (χ4v) is 5.92. The van der Waals surface area contributed by atoms with E-state index in [4.69, 9.17) is 9.63 Å². The summed E-state index contributed by atoms with van der Waals surface area (Å²) in [7, 11) is 1.19. The molecule has 1 unspecified atom stereocenters. The lowest BCUT2D eigenvalue weighted by molar-refractivity contribution is -0.870. The number of unbranched alkanes of at least 4 members (excludes halogenated alkanes) is 20. The van der Waals surface area contributed by atoms with Gasteiger partial charge in [0.05, 0.1) is 27.7 Å². The number of aliphatic hydroxyl groups is 2. The van der Waals surface area contributed by atoms with Crippen molar-refractivity contribution in [3.63, 3.8) is 0 Å². The average molecular weight is 776 g/mol. The fraction of sp³-hybridized carbons (Fsp3) is 0.857. The molecule has 314 valence electrons. The van der Waals surface area contributed by atoms with Crippen LogP contribution in [0.5, 0.6) is 0 Å². The number of carbonyl (C=O) groups is 2. The lowest BCUT2D eigenvalue weighted by Crippen LogP contribution is -2.40. The fourth-order valence-electron chi connectivity index (χ4n) is 5.61. The topological polar surface area (TPSA) is 153 Å². The molecule has 0 aromatic heterocycles. The normalized spacial score (nSPS) is 14.2. The number of phosphoric ester groups is 1. The van der Waals surface area contributed by atoms with Gasteiger partial charge in [-0.2, -0.15) is 0 Å². The molecule has 0 aliphatic carbocycles. The van der Waals surface area contributed by atoms with E-state index in [1.807, 2.05) is 21.1 Å². The molecule has 0 aliphatic rings. The van der Waals surface area contributed by atoms with Crippen LogP contribution in [0.4, 0.5) is 0 Å². The summed E-state index contributed by atoms with van der Waals surface area (Å²) in [5, 5.41) is 19.9. The first-order valence-corrected chi connectivity index (χ1v) is 22.6. The SMILES string of the molecule is CCCCC/C=C\C/C=C\CCCCCCCC(=O)O[C@@H](CO)[C@H](O)C(=O)CCCCCCCCCCCCCCC.C[N+](C)(C)CCOP(=O)([O-])O. The Morgan fingerprint density at radius 1 is 0.679 bits per heavy atom. The Morgan fingerprint density at radius 2 is 1.09 bits per heavy atom. The molecule has 0 aromatic carbocycles. The van der Waals surface area contributed by atoms with Crippen molar-refractivity contribution in [3.05, 3.63) is 24.3 Å². The molecule has 0 bridgehead atoms. The number of phosphoric acid groups is 1. The van der Waals surface area contributed by atoms with Crippen molar-refractivity contribution in [2.45, 2.75) is 193 Å². The highest BCUT2D eigenvalue weighted by atomic mass is 31.2. The van der Waals surface area contributed by atoms with E-state index in [1.54, 1.807) is 0 Å². The number of Topliss-reactive ketones (excluding diaryl/α,β-unsaturated/α-hetero) is 1. The predicted molar refractivity (Wildman–Crippen MR) is 216 cm³/mol. The summed E-state index contributed by atoms with van der Waals surface area (Å²) in [5.74, 6) is -0.797. The van der Waals surface area contributed by atoms with Gasteiger partial charge < -0.3 is 33.7 Å². The van der Waals surface area contributed by atoms with Crippen molar-refractivity contribution in [1.29, 1.82) is 0 Å². The van der Waals surface area contributed by atoms with Crippen LogP contribution in [-0.4, -0.2) is 84.5 Å². The molecule has 0 saturated heterocycles. The van der Waals surface area contributed by atoms with E-state index in [2.05, 4.69) is 42.7 Å². The summed E-state index contributed by atoms with van der Waals surface area (Å²) in [4.78, 5) is 42.8. The second kappa shape index (κ2) is 37.5. The van der Waals surface area contributed by atoms with E-state index in [0.717, 1.165) is 64.2 Å². The zero-order valence-corrected chi connectivity index (χ0v) is 35.6. The number of hydrogen-bond donors (Lipinski definition) is 3. The molecule has 10 nitrogen and oxygen atoms in total. The number of aliphatic hydroxyl groups excluding tert-OH is 2. The maximum Gasteiger partial charge on any atom is 0.306 e. The molecule has 11 heteroatoms. The summed E-state index contributed by atoms with van der Waals surface area (Å²) < 4.78 is 20.1. The molecule has 0 aromatic rings. The number of ether oxygens (including phenoxy) is 1. The molecule has 0 amide bonds. The third kappa shape index (κ3) is 43.2. The highest BCUT2D eigenvalue weighted by molar-refractivity contribution is 7.44. The van der Waals surface area contributed by atoms with Gasteiger partial charge in [-0.15, -0.1) is 0 Å². The maximum absolute atomic E-state index is 12.4. The Morgan fingerprint density at radius 3 is 1.55 bits per heavy atom. The van der Waals surface area contributed by atoms with E-state index < -0.39 is 32.6 Å². The Balaban J connectivity index is 0. The van der Waals surface area contributed by atoms with Gasteiger partial charge in [-0.05, 0) is 44.9 Å². The van der Waals surface area contributed by atoms with Crippen LogP contribution in [-0.2, 0) is 23.4 Å². The molecular weight excluding hydrogens is 693 g/mol. The summed E-state index contributed by atoms with van der Waals surface area (Å²) in [6.45, 7) is 4.49. The van der Waals surface area contributed by atoms with E-state index in [9.17, 15) is 29.3 Å². The zero-order chi connectivity index (χ0) is 40.1. The van der Waals surface area contributed by atoms with E-state index in [-0.39, 0.29) is 25.2 Å². The van der Waals surface area contributed by atoms with Gasteiger partial charge in [0.15, 0.2) is 18.0 Å². The number of allylic oxidation sites excluding steroid dienone is 4. The number of ketones is 1. The minimum absolute atomic E-state index is 0.0147. The monoisotopic (exact) mass is 776 g/mol. The standard InChI is InChI=1S/C37H68O5.C5H14NO4P/c1-3-5-7-9-11-13-15-17-18-20-22-24-26-28-30-32-36(40)42-35(33-38)37(41)34(39)31-29-27-25-23-21-19-16-14-12-10-8-6-4-2;1-6(2,3)4-5-10-11(7,8)9/h11,13,17-18,35,37-38,41H,3-10,12,14-16,19-33H2,1-2H3;4-5H2,1-3H3,(H-,7,8,9)/b13-11-,18-17-;/t35-,37+;/m0./s1. The first kappa shape index (κ1) is 53.7. The highest BCUT2D eigenvalue weighted by Crippen LogP contribution is 2.29. The molecule has 0 saturated carbocycles. The zero-order valence-electron chi connectivity index (χ0n) is 34.7. The predicted octanol–water partition coefficient (Wildman–Crippen LogP) is 9.29. The molecule has 0 heterocycles. The van der Waals surface area contributed by atoms with Gasteiger partial charge in [-0.1, -0.05) is 147 Å². The molecule has 3 N–H and O–H groups in total. The molecule has 0 spiro atoms. The Bertz CT molecular complexity index is 945. The molecule has 53 heavy (non-hydrogen) atoms. The number of hydrogen-bond acceptors (Lipinski definition) is 8. The number of carbonyl (C=O) groups excluding carboxylic acids is 2. The second-order valence-electron chi connectivity index (χ2n) is 15.4. The first-order valence-electron chi connectivity index (χ1n) is 21.1. The number of esters is 1. The number of rotatable bonds is 36. The van der Waals surface area contributed by atoms with Crippen LogP contribution in [0.3, 0.4) is 0 Å². The smallest absolute Gasteiger partial charge is 0.306 e. The van der Waals surface area contributed by atoms with Gasteiger partial charge in [0.1, 0.15) is 13.2 Å². The Hall–Kier alpha value is -1.39. The van der Waals surface area contributed by atoms with Crippen LogP contribution in [0.1, 0.15) is 181 Å². The van der Waals surface area contributed by atoms with Crippen molar-refractivity contribution in [3.8, 4) is 0 Å². The lowest BCUT2D eigenvalue weighted by Gasteiger charge is -2.25. The molecule has 0 radical (unpaired) electrons. The minimum Gasteiger partial charge on any atom is -0.756 e. The highest BCUT2D eigenvalue weighted by Gasteiger charge is 2.28. The van der Waals surface area contributed by atoms with E-state index in [1.165, 1.54) is 89.9 Å². The molecular formula is C42H82NO9P. The van der Waals surface area contributed by atoms with E-state index >= 15 is 0 Å². The minimum atomic E-state index is -4.51. The Kier molecular flexibility index (Phi) is 38.0. The van der Waals surface area contributed by atoms with Crippen LogP contribution >= 0.6 is 7.82 Å². The summed E-state index contributed by atoms with van der Waals surface area (Å²) in [5.41, 5.74) is 0.